The fraction of sp³-hybridized carbons (Fsp3) is 0.667. The van der Waals surface area contributed by atoms with E-state index in [0.29, 0.717) is 18.8 Å². The summed E-state index contributed by atoms with van der Waals surface area (Å²) in [4.78, 5) is 18.8. The van der Waals surface area contributed by atoms with Crippen molar-refractivity contribution in [3.63, 3.8) is 0 Å². The van der Waals surface area contributed by atoms with Gasteiger partial charge in [-0.3, -0.25) is 0 Å². The second-order valence-corrected chi connectivity index (χ2v) is 5.87. The fourth-order valence-corrected chi connectivity index (χ4v) is 2.89. The number of carboxylic acids is 1. The Morgan fingerprint density at radius 1 is 1.48 bits per heavy atom. The van der Waals surface area contributed by atoms with Crippen molar-refractivity contribution in [2.75, 3.05) is 6.54 Å². The van der Waals surface area contributed by atoms with Crippen molar-refractivity contribution >= 4 is 5.97 Å². The number of carboxylic acid groups (broad SMARTS) is 1. The van der Waals surface area contributed by atoms with E-state index in [2.05, 4.69) is 22.2 Å². The topological polar surface area (TPSA) is 95.3 Å². The molecule has 3 N–H and O–H groups in total. The lowest BCUT2D eigenvalue weighted by Crippen LogP contribution is -2.43. The van der Waals surface area contributed by atoms with Crippen molar-refractivity contribution in [3.05, 3.63) is 23.8 Å². The van der Waals surface area contributed by atoms with Crippen LogP contribution in [0.15, 0.2) is 12.5 Å². The fourth-order valence-electron chi connectivity index (χ4n) is 2.89. The van der Waals surface area contributed by atoms with E-state index in [4.69, 9.17) is 5.11 Å². The van der Waals surface area contributed by atoms with Crippen molar-refractivity contribution in [1.29, 1.82) is 0 Å². The summed E-state index contributed by atoms with van der Waals surface area (Å²) in [7, 11) is 0. The molecule has 0 unspecified atom stereocenters. The molecule has 0 atom stereocenters. The van der Waals surface area contributed by atoms with Crippen LogP contribution < -0.4 is 5.32 Å². The van der Waals surface area contributed by atoms with Gasteiger partial charge in [0, 0.05) is 19.3 Å². The van der Waals surface area contributed by atoms with Crippen molar-refractivity contribution in [2.24, 2.45) is 5.92 Å². The molecule has 1 aromatic rings. The molecule has 0 aliphatic heterocycles. The number of rotatable bonds is 6. The van der Waals surface area contributed by atoms with E-state index in [1.807, 2.05) is 0 Å². The summed E-state index contributed by atoms with van der Waals surface area (Å²) < 4.78 is 0. The van der Waals surface area contributed by atoms with E-state index in [1.165, 1.54) is 18.9 Å². The maximum atomic E-state index is 11.1. The number of hydrogen-bond donors (Lipinski definition) is 3. The minimum Gasteiger partial charge on any atom is -0.478 e. The molecule has 1 aromatic heterocycles. The molecule has 0 spiro atoms. The van der Waals surface area contributed by atoms with E-state index in [1.54, 1.807) is 0 Å². The minimum atomic E-state index is -1.03. The third-order valence-corrected chi connectivity index (χ3v) is 4.38. The monoisotopic (exact) mass is 293 g/mol. The Morgan fingerprint density at radius 2 is 2.19 bits per heavy atom. The number of aromatic carboxylic acids is 1. The van der Waals surface area contributed by atoms with E-state index in [9.17, 15) is 9.90 Å². The standard InChI is InChI=1S/C15H23N3O3/c1-2-11-3-5-15(21,6-4-11)9-16-8-13-12(14(19)20)7-17-10-18-13/h7,10-11,16,21H,2-6,8-9H2,1H3,(H,19,20). The first-order valence-electron chi connectivity index (χ1n) is 7.49. The van der Waals surface area contributed by atoms with Gasteiger partial charge in [0.25, 0.3) is 0 Å². The van der Waals surface area contributed by atoms with Gasteiger partial charge in [0.2, 0.25) is 0 Å². The lowest BCUT2D eigenvalue weighted by molar-refractivity contribution is -0.00886. The number of aliphatic hydroxyl groups is 1. The van der Waals surface area contributed by atoms with Gasteiger partial charge >= 0.3 is 5.97 Å². The number of carbonyl (C=O) groups is 1. The Balaban J connectivity index is 1.86. The molecule has 0 bridgehead atoms. The molecule has 0 aromatic carbocycles. The number of nitrogens with one attached hydrogen (secondary N) is 1. The SMILES string of the molecule is CCC1CCC(O)(CNCc2ncncc2C(=O)O)CC1. The molecule has 6 nitrogen and oxygen atoms in total. The van der Waals surface area contributed by atoms with Crippen LogP contribution in [0.2, 0.25) is 0 Å². The molecule has 2 rings (SSSR count). The third-order valence-electron chi connectivity index (χ3n) is 4.38. The Bertz CT molecular complexity index is 485. The van der Waals surface area contributed by atoms with Gasteiger partial charge < -0.3 is 15.5 Å². The van der Waals surface area contributed by atoms with Crippen molar-refractivity contribution < 1.29 is 15.0 Å². The molecule has 1 aliphatic carbocycles. The highest BCUT2D eigenvalue weighted by Crippen LogP contribution is 2.33. The zero-order valence-electron chi connectivity index (χ0n) is 12.4. The summed E-state index contributed by atoms with van der Waals surface area (Å²) in [5.41, 5.74) is -0.128. The maximum Gasteiger partial charge on any atom is 0.339 e. The highest BCUT2D eigenvalue weighted by Gasteiger charge is 2.32. The zero-order valence-corrected chi connectivity index (χ0v) is 12.4. The zero-order chi connectivity index (χ0) is 15.3. The van der Waals surface area contributed by atoms with Gasteiger partial charge in [-0.2, -0.15) is 0 Å². The first-order chi connectivity index (χ1) is 10.0. The van der Waals surface area contributed by atoms with Crippen LogP contribution >= 0.6 is 0 Å². The van der Waals surface area contributed by atoms with Gasteiger partial charge in [-0.05, 0) is 31.6 Å². The summed E-state index contributed by atoms with van der Waals surface area (Å²) in [5.74, 6) is -0.305. The molecule has 0 amide bonds. The van der Waals surface area contributed by atoms with Gasteiger partial charge in [0.15, 0.2) is 0 Å². The largest absolute Gasteiger partial charge is 0.478 e. The van der Waals surface area contributed by atoms with Crippen molar-refractivity contribution in [2.45, 2.75) is 51.2 Å². The van der Waals surface area contributed by atoms with E-state index in [-0.39, 0.29) is 5.56 Å². The Kier molecular flexibility index (Phi) is 5.25. The molecular formula is C15H23N3O3. The quantitative estimate of drug-likeness (QED) is 0.737. The predicted octanol–water partition coefficient (Wildman–Crippen LogP) is 1.60. The number of hydrogen-bond acceptors (Lipinski definition) is 5. The molecular weight excluding hydrogens is 270 g/mol. The van der Waals surface area contributed by atoms with E-state index < -0.39 is 11.6 Å². The predicted molar refractivity (Wildman–Crippen MR) is 77.9 cm³/mol. The van der Waals surface area contributed by atoms with Gasteiger partial charge in [-0.1, -0.05) is 13.3 Å². The van der Waals surface area contributed by atoms with Crippen LogP contribution in [0, 0.1) is 5.92 Å². The van der Waals surface area contributed by atoms with Crippen LogP contribution in [-0.4, -0.2) is 38.3 Å². The minimum absolute atomic E-state index is 0.103. The third kappa shape index (κ3) is 4.22. The van der Waals surface area contributed by atoms with Crippen LogP contribution in [0.3, 0.4) is 0 Å². The maximum absolute atomic E-state index is 11.1. The summed E-state index contributed by atoms with van der Waals surface area (Å²) in [5, 5.41) is 22.7. The summed E-state index contributed by atoms with van der Waals surface area (Å²) >= 11 is 0. The van der Waals surface area contributed by atoms with Gasteiger partial charge in [0.1, 0.15) is 11.9 Å². The van der Waals surface area contributed by atoms with Crippen molar-refractivity contribution in [1.82, 2.24) is 15.3 Å². The molecule has 1 fully saturated rings. The molecule has 6 heteroatoms. The average molecular weight is 293 g/mol. The normalized spacial score (nSPS) is 25.7. The van der Waals surface area contributed by atoms with Crippen molar-refractivity contribution in [3.8, 4) is 0 Å². The molecule has 1 aliphatic rings. The first kappa shape index (κ1) is 15.9. The highest BCUT2D eigenvalue weighted by molar-refractivity contribution is 5.88. The second kappa shape index (κ2) is 6.95. The van der Waals surface area contributed by atoms with Crippen LogP contribution in [0.5, 0.6) is 0 Å². The van der Waals surface area contributed by atoms with Crippen LogP contribution in [0.25, 0.3) is 0 Å². The van der Waals surface area contributed by atoms with Gasteiger partial charge in [-0.15, -0.1) is 0 Å². The lowest BCUT2D eigenvalue weighted by Gasteiger charge is -2.36. The molecule has 0 saturated heterocycles. The smallest absolute Gasteiger partial charge is 0.339 e. The Hall–Kier alpha value is -1.53. The van der Waals surface area contributed by atoms with Crippen LogP contribution in [-0.2, 0) is 6.54 Å². The second-order valence-electron chi connectivity index (χ2n) is 5.87. The number of aromatic nitrogens is 2. The number of nitrogens with zero attached hydrogens (tertiary/aromatic N) is 2. The van der Waals surface area contributed by atoms with Crippen LogP contribution in [0.1, 0.15) is 55.1 Å². The van der Waals surface area contributed by atoms with Gasteiger partial charge in [-0.25, -0.2) is 14.8 Å². The Labute approximate surface area is 124 Å². The summed E-state index contributed by atoms with van der Waals surface area (Å²) in [6.45, 7) is 2.98. The van der Waals surface area contributed by atoms with E-state index >= 15 is 0 Å². The Morgan fingerprint density at radius 3 is 2.81 bits per heavy atom. The summed E-state index contributed by atoms with van der Waals surface area (Å²) in [6, 6.07) is 0. The summed E-state index contributed by atoms with van der Waals surface area (Å²) in [6.07, 6.45) is 7.53. The molecule has 1 saturated carbocycles. The van der Waals surface area contributed by atoms with Gasteiger partial charge in [0.05, 0.1) is 11.3 Å². The molecule has 1 heterocycles. The molecule has 21 heavy (non-hydrogen) atoms. The average Bonchev–Trinajstić information content (AvgIpc) is 2.48. The molecule has 0 radical (unpaired) electrons. The first-order valence-corrected chi connectivity index (χ1v) is 7.49. The molecule has 116 valence electrons. The van der Waals surface area contributed by atoms with Crippen LogP contribution in [0.4, 0.5) is 0 Å². The van der Waals surface area contributed by atoms with E-state index in [0.717, 1.165) is 31.6 Å². The lowest BCUT2D eigenvalue weighted by atomic mass is 9.78. The highest BCUT2D eigenvalue weighted by atomic mass is 16.4.